The van der Waals surface area contributed by atoms with E-state index in [-0.39, 0.29) is 12.5 Å². The van der Waals surface area contributed by atoms with Crippen LogP contribution in [0.5, 0.6) is 0 Å². The van der Waals surface area contributed by atoms with Crippen molar-refractivity contribution in [3.05, 3.63) is 0 Å². The molecule has 0 bridgehead atoms. The van der Waals surface area contributed by atoms with E-state index in [4.69, 9.17) is 5.11 Å². The molecule has 5 heteroatoms. The average molecular weight is 214 g/mol. The van der Waals surface area contributed by atoms with E-state index >= 15 is 0 Å². The minimum Gasteiger partial charge on any atom is -0.480 e. The summed E-state index contributed by atoms with van der Waals surface area (Å²) in [6.45, 7) is 2.70. The molecule has 0 atom stereocenters. The van der Waals surface area contributed by atoms with Crippen LogP contribution in [0, 0.1) is 0 Å². The maximum atomic E-state index is 11.5. The van der Waals surface area contributed by atoms with Crippen LogP contribution in [0.15, 0.2) is 0 Å². The molecule has 0 aromatic carbocycles. The zero-order valence-electron chi connectivity index (χ0n) is 9.03. The summed E-state index contributed by atoms with van der Waals surface area (Å²) >= 11 is 0. The first-order valence-corrected chi connectivity index (χ1v) is 5.36. The minimum absolute atomic E-state index is 0.0898. The second-order valence-corrected chi connectivity index (χ2v) is 3.78. The van der Waals surface area contributed by atoms with Crippen molar-refractivity contribution >= 4 is 11.9 Å². The topological polar surface area (TPSA) is 69.6 Å². The normalized spacial score (nSPS) is 15.0. The Morgan fingerprint density at radius 3 is 2.60 bits per heavy atom. The molecule has 2 N–H and O–H groups in total. The molecule has 86 valence electrons. The molecule has 1 amide bonds. The highest BCUT2D eigenvalue weighted by Crippen LogP contribution is 2.18. The second kappa shape index (κ2) is 5.70. The Balaban J connectivity index is 2.18. The van der Waals surface area contributed by atoms with Gasteiger partial charge >= 0.3 is 5.97 Å². The molecule has 0 aliphatic heterocycles. The fourth-order valence-corrected chi connectivity index (χ4v) is 1.37. The molecular weight excluding hydrogens is 196 g/mol. The molecule has 5 nitrogen and oxygen atoms in total. The first kappa shape index (κ1) is 12.0. The quantitative estimate of drug-likeness (QED) is 0.629. The van der Waals surface area contributed by atoms with E-state index in [1.165, 1.54) is 17.7 Å². The molecule has 0 radical (unpaired) electrons. The molecule has 1 aliphatic rings. The third kappa shape index (κ3) is 4.78. The van der Waals surface area contributed by atoms with Gasteiger partial charge in [0.25, 0.3) is 0 Å². The highest BCUT2D eigenvalue weighted by molar-refractivity contribution is 5.81. The van der Waals surface area contributed by atoms with Gasteiger partial charge in [-0.2, -0.15) is 0 Å². The van der Waals surface area contributed by atoms with E-state index in [1.54, 1.807) is 6.92 Å². The van der Waals surface area contributed by atoms with Gasteiger partial charge in [0.05, 0.1) is 0 Å². The van der Waals surface area contributed by atoms with Crippen LogP contribution in [-0.4, -0.2) is 47.6 Å². The van der Waals surface area contributed by atoms with Gasteiger partial charge in [-0.05, 0) is 19.8 Å². The van der Waals surface area contributed by atoms with Crippen LogP contribution in [0.2, 0.25) is 0 Å². The van der Waals surface area contributed by atoms with Crippen LogP contribution in [0.4, 0.5) is 0 Å². The zero-order chi connectivity index (χ0) is 11.3. The van der Waals surface area contributed by atoms with Crippen molar-refractivity contribution in [1.82, 2.24) is 10.2 Å². The Labute approximate surface area is 89.4 Å². The molecular formula is C10H18N2O3. The third-order valence-electron chi connectivity index (χ3n) is 2.41. The lowest BCUT2D eigenvalue weighted by atomic mass is 10.3. The molecule has 0 unspecified atom stereocenters. The number of amides is 1. The van der Waals surface area contributed by atoms with Gasteiger partial charge in [0.2, 0.25) is 5.91 Å². The second-order valence-electron chi connectivity index (χ2n) is 3.78. The van der Waals surface area contributed by atoms with Crippen LogP contribution in [0.25, 0.3) is 0 Å². The summed E-state index contributed by atoms with van der Waals surface area (Å²) in [7, 11) is 0. The van der Waals surface area contributed by atoms with Gasteiger partial charge in [0, 0.05) is 25.6 Å². The van der Waals surface area contributed by atoms with Gasteiger partial charge in [0.1, 0.15) is 6.54 Å². The predicted octanol–water partition coefficient (Wildman–Crippen LogP) is 0.0616. The molecule has 1 saturated carbocycles. The van der Waals surface area contributed by atoms with Gasteiger partial charge in [-0.25, -0.2) is 0 Å². The van der Waals surface area contributed by atoms with Crippen LogP contribution in [0.1, 0.15) is 26.2 Å². The lowest BCUT2D eigenvalue weighted by Gasteiger charge is -2.18. The van der Waals surface area contributed by atoms with Crippen molar-refractivity contribution < 1.29 is 14.7 Å². The summed E-state index contributed by atoms with van der Waals surface area (Å²) in [6, 6.07) is 0.590. The van der Waals surface area contributed by atoms with Gasteiger partial charge in [0.15, 0.2) is 0 Å². The van der Waals surface area contributed by atoms with Crippen molar-refractivity contribution in [2.75, 3.05) is 19.6 Å². The van der Waals surface area contributed by atoms with E-state index in [9.17, 15) is 9.59 Å². The SMILES string of the molecule is CCN(CC(=O)O)C(=O)CCNC1CC1. The largest absolute Gasteiger partial charge is 0.480 e. The molecule has 0 saturated heterocycles. The number of likely N-dealkylation sites (N-methyl/N-ethyl adjacent to an activating group) is 1. The number of carboxylic acid groups (broad SMARTS) is 1. The van der Waals surface area contributed by atoms with Crippen molar-refractivity contribution in [1.29, 1.82) is 0 Å². The Morgan fingerprint density at radius 2 is 2.13 bits per heavy atom. The van der Waals surface area contributed by atoms with Crippen LogP contribution in [-0.2, 0) is 9.59 Å². The van der Waals surface area contributed by atoms with Crippen LogP contribution in [0.3, 0.4) is 0 Å². The predicted molar refractivity (Wildman–Crippen MR) is 55.5 cm³/mol. The first-order chi connectivity index (χ1) is 7.13. The molecule has 0 aromatic heterocycles. The molecule has 1 aliphatic carbocycles. The van der Waals surface area contributed by atoms with E-state index in [0.29, 0.717) is 25.6 Å². The molecule has 0 spiro atoms. The van der Waals surface area contributed by atoms with Crippen molar-refractivity contribution in [2.24, 2.45) is 0 Å². The van der Waals surface area contributed by atoms with E-state index in [1.807, 2.05) is 0 Å². The summed E-state index contributed by atoms with van der Waals surface area (Å²) in [4.78, 5) is 23.3. The summed E-state index contributed by atoms with van der Waals surface area (Å²) in [5.74, 6) is -1.05. The maximum absolute atomic E-state index is 11.5. The number of hydrogen-bond acceptors (Lipinski definition) is 3. The minimum atomic E-state index is -0.958. The fraction of sp³-hybridized carbons (Fsp3) is 0.800. The highest BCUT2D eigenvalue weighted by atomic mass is 16.4. The lowest BCUT2D eigenvalue weighted by molar-refractivity contribution is -0.144. The van der Waals surface area contributed by atoms with E-state index in [2.05, 4.69) is 5.32 Å². The maximum Gasteiger partial charge on any atom is 0.323 e. The van der Waals surface area contributed by atoms with Gasteiger partial charge in [-0.1, -0.05) is 0 Å². The zero-order valence-corrected chi connectivity index (χ0v) is 9.03. The smallest absolute Gasteiger partial charge is 0.323 e. The Hall–Kier alpha value is -1.10. The summed E-state index contributed by atoms with van der Waals surface area (Å²) in [6.07, 6.45) is 2.78. The standard InChI is InChI=1S/C10H18N2O3/c1-2-12(7-10(14)15)9(13)5-6-11-8-3-4-8/h8,11H,2-7H2,1H3,(H,14,15). The molecule has 0 aromatic rings. The van der Waals surface area contributed by atoms with Crippen LogP contribution >= 0.6 is 0 Å². The number of carbonyl (C=O) groups excluding carboxylic acids is 1. The molecule has 1 fully saturated rings. The van der Waals surface area contributed by atoms with Crippen molar-refractivity contribution in [3.8, 4) is 0 Å². The van der Waals surface area contributed by atoms with Crippen LogP contribution < -0.4 is 5.32 Å². The molecule has 0 heterocycles. The van der Waals surface area contributed by atoms with Crippen molar-refractivity contribution in [3.63, 3.8) is 0 Å². The lowest BCUT2D eigenvalue weighted by Crippen LogP contribution is -2.37. The first-order valence-electron chi connectivity index (χ1n) is 5.36. The third-order valence-corrected chi connectivity index (χ3v) is 2.41. The van der Waals surface area contributed by atoms with Crippen molar-refractivity contribution in [2.45, 2.75) is 32.2 Å². The Morgan fingerprint density at radius 1 is 1.47 bits per heavy atom. The number of carbonyl (C=O) groups is 2. The number of aliphatic carboxylic acids is 1. The van der Waals surface area contributed by atoms with E-state index < -0.39 is 5.97 Å². The summed E-state index contributed by atoms with van der Waals surface area (Å²) in [5, 5.41) is 11.8. The monoisotopic (exact) mass is 214 g/mol. The number of carboxylic acids is 1. The van der Waals surface area contributed by atoms with Gasteiger partial charge < -0.3 is 15.3 Å². The fourth-order valence-electron chi connectivity index (χ4n) is 1.37. The molecule has 1 rings (SSSR count). The Bertz CT molecular complexity index is 239. The van der Waals surface area contributed by atoms with E-state index in [0.717, 1.165) is 0 Å². The number of nitrogens with zero attached hydrogens (tertiary/aromatic N) is 1. The van der Waals surface area contributed by atoms with Gasteiger partial charge in [-0.3, -0.25) is 9.59 Å². The number of hydrogen-bond donors (Lipinski definition) is 2. The highest BCUT2D eigenvalue weighted by Gasteiger charge is 2.21. The number of rotatable bonds is 7. The molecule has 15 heavy (non-hydrogen) atoms. The van der Waals surface area contributed by atoms with Gasteiger partial charge in [-0.15, -0.1) is 0 Å². The Kier molecular flexibility index (Phi) is 4.55. The average Bonchev–Trinajstić information content (AvgIpc) is 2.97. The number of nitrogens with one attached hydrogen (secondary N) is 1. The summed E-state index contributed by atoms with van der Waals surface area (Å²) in [5.41, 5.74) is 0. The summed E-state index contributed by atoms with van der Waals surface area (Å²) < 4.78 is 0.